The van der Waals surface area contributed by atoms with Gasteiger partial charge in [-0.1, -0.05) is 25.1 Å². The molecule has 3 rings (SSSR count). The molecular weight excluding hydrogens is 262 g/mol. The number of furan rings is 1. The summed E-state index contributed by atoms with van der Waals surface area (Å²) >= 11 is 0. The van der Waals surface area contributed by atoms with Gasteiger partial charge in [-0.3, -0.25) is 4.79 Å². The molecule has 0 radical (unpaired) electrons. The van der Waals surface area contributed by atoms with Crippen molar-refractivity contribution in [1.29, 1.82) is 0 Å². The first-order valence-electron chi connectivity index (χ1n) is 7.48. The molecule has 1 aliphatic heterocycles. The average Bonchev–Trinajstić information content (AvgIpc) is 2.86. The van der Waals surface area contributed by atoms with Gasteiger partial charge >= 0.3 is 0 Å². The van der Waals surface area contributed by atoms with E-state index in [1.54, 1.807) is 12.3 Å². The van der Waals surface area contributed by atoms with Crippen molar-refractivity contribution >= 4 is 11.6 Å². The number of carbonyl (C=O) groups is 1. The largest absolute Gasteiger partial charge is 0.469 e. The minimum absolute atomic E-state index is 0.0381. The molecule has 0 saturated heterocycles. The first kappa shape index (κ1) is 13.9. The topological polar surface area (TPSA) is 33.5 Å². The molecule has 0 unspecified atom stereocenters. The van der Waals surface area contributed by atoms with Crippen molar-refractivity contribution in [3.8, 4) is 0 Å². The van der Waals surface area contributed by atoms with Gasteiger partial charge in [-0.25, -0.2) is 0 Å². The summed E-state index contributed by atoms with van der Waals surface area (Å²) in [5.74, 6) is 1.20. The summed E-state index contributed by atoms with van der Waals surface area (Å²) in [6.07, 6.45) is 2.57. The zero-order valence-electron chi connectivity index (χ0n) is 13.0. The highest BCUT2D eigenvalue weighted by Gasteiger charge is 2.34. The third-order valence-corrected chi connectivity index (χ3v) is 4.48. The third kappa shape index (κ3) is 2.17. The van der Waals surface area contributed by atoms with Gasteiger partial charge in [-0.2, -0.15) is 0 Å². The van der Waals surface area contributed by atoms with Crippen LogP contribution in [0.3, 0.4) is 0 Å². The van der Waals surface area contributed by atoms with Gasteiger partial charge in [0.2, 0.25) is 0 Å². The zero-order chi connectivity index (χ0) is 15.1. The molecule has 1 aromatic heterocycles. The molecule has 0 bridgehead atoms. The van der Waals surface area contributed by atoms with E-state index >= 15 is 0 Å². The molecule has 3 heteroatoms. The van der Waals surface area contributed by atoms with Crippen LogP contribution in [-0.2, 0) is 0 Å². The van der Waals surface area contributed by atoms with Gasteiger partial charge in [0, 0.05) is 6.04 Å². The maximum atomic E-state index is 13.0. The lowest BCUT2D eigenvalue weighted by Crippen LogP contribution is -2.43. The van der Waals surface area contributed by atoms with Crippen LogP contribution in [0.5, 0.6) is 0 Å². The van der Waals surface area contributed by atoms with E-state index in [2.05, 4.69) is 39.0 Å². The van der Waals surface area contributed by atoms with Crippen LogP contribution < -0.4 is 4.90 Å². The Morgan fingerprint density at radius 2 is 2.00 bits per heavy atom. The first-order valence-corrected chi connectivity index (χ1v) is 7.48. The summed E-state index contributed by atoms with van der Waals surface area (Å²) in [5, 5.41) is 0. The van der Waals surface area contributed by atoms with Crippen LogP contribution in [0.25, 0.3) is 0 Å². The fraction of sp³-hybridized carbons (Fsp3) is 0.389. The lowest BCUT2D eigenvalue weighted by molar-refractivity contribution is 0.0972. The van der Waals surface area contributed by atoms with Crippen molar-refractivity contribution in [3.05, 3.63) is 53.0 Å². The van der Waals surface area contributed by atoms with Gasteiger partial charge in [0.1, 0.15) is 5.76 Å². The summed E-state index contributed by atoms with van der Waals surface area (Å²) in [7, 11) is 0. The molecule has 0 saturated carbocycles. The monoisotopic (exact) mass is 283 g/mol. The lowest BCUT2D eigenvalue weighted by atomic mass is 9.85. The van der Waals surface area contributed by atoms with E-state index in [4.69, 9.17) is 4.42 Å². The Hall–Kier alpha value is -2.03. The van der Waals surface area contributed by atoms with Gasteiger partial charge in [0.25, 0.3) is 5.91 Å². The number of aryl methyl sites for hydroxylation is 2. The number of nitrogens with zero attached hydrogens (tertiary/aromatic N) is 1. The van der Waals surface area contributed by atoms with Crippen LogP contribution in [0.4, 0.5) is 5.69 Å². The Morgan fingerprint density at radius 1 is 1.24 bits per heavy atom. The number of rotatable bonds is 1. The molecule has 0 fully saturated rings. The fourth-order valence-electron chi connectivity index (χ4n) is 3.41. The van der Waals surface area contributed by atoms with Gasteiger partial charge < -0.3 is 9.32 Å². The van der Waals surface area contributed by atoms with Crippen LogP contribution in [0.1, 0.15) is 53.4 Å². The van der Waals surface area contributed by atoms with Crippen molar-refractivity contribution in [1.82, 2.24) is 0 Å². The third-order valence-electron chi connectivity index (χ3n) is 4.48. The average molecular weight is 283 g/mol. The van der Waals surface area contributed by atoms with Crippen LogP contribution in [-0.4, -0.2) is 11.9 Å². The second-order valence-corrected chi connectivity index (χ2v) is 6.06. The predicted molar refractivity (Wildman–Crippen MR) is 83.9 cm³/mol. The van der Waals surface area contributed by atoms with Crippen molar-refractivity contribution in [2.45, 2.75) is 46.1 Å². The number of hydrogen-bond acceptors (Lipinski definition) is 2. The molecule has 0 aliphatic carbocycles. The molecule has 0 N–H and O–H groups in total. The normalized spacial score (nSPS) is 21.2. The molecule has 2 aromatic rings. The number of para-hydroxylation sites is 1. The SMILES string of the molecule is Cc1cccc2c1N(C(=O)c1ccoc1C)[C@H](C)C[C@H]2C. The number of hydrogen-bond donors (Lipinski definition) is 0. The minimum Gasteiger partial charge on any atom is -0.469 e. The summed E-state index contributed by atoms with van der Waals surface area (Å²) in [5.41, 5.74) is 4.16. The standard InChI is InChI=1S/C18H21NO2/c1-11-6-5-7-15-12(2)10-13(3)19(17(11)15)18(20)16-8-9-21-14(16)4/h5-9,12-13H,10H2,1-4H3/t12-,13-/m1/s1. The van der Waals surface area contributed by atoms with Gasteiger partial charge in [-0.05, 0) is 50.3 Å². The Labute approximate surface area is 125 Å². The molecule has 3 nitrogen and oxygen atoms in total. The maximum Gasteiger partial charge on any atom is 0.262 e. The Balaban J connectivity index is 2.13. The van der Waals surface area contributed by atoms with Crippen LogP contribution in [0.15, 0.2) is 34.9 Å². The smallest absolute Gasteiger partial charge is 0.262 e. The number of anilines is 1. The lowest BCUT2D eigenvalue weighted by Gasteiger charge is -2.39. The number of carbonyl (C=O) groups excluding carboxylic acids is 1. The highest BCUT2D eigenvalue weighted by molar-refractivity contribution is 6.08. The van der Waals surface area contributed by atoms with Crippen molar-refractivity contribution in [2.75, 3.05) is 4.90 Å². The molecule has 21 heavy (non-hydrogen) atoms. The molecule has 2 heterocycles. The van der Waals surface area contributed by atoms with E-state index < -0.39 is 0 Å². The quantitative estimate of drug-likeness (QED) is 0.775. The summed E-state index contributed by atoms with van der Waals surface area (Å²) in [6, 6.07) is 8.25. The van der Waals surface area contributed by atoms with E-state index in [0.717, 1.165) is 17.7 Å². The molecule has 0 spiro atoms. The van der Waals surface area contributed by atoms with Gasteiger partial charge in [0.15, 0.2) is 0 Å². The zero-order valence-corrected chi connectivity index (χ0v) is 13.0. The molecule has 2 atom stereocenters. The van der Waals surface area contributed by atoms with E-state index in [0.29, 0.717) is 17.2 Å². The maximum absolute atomic E-state index is 13.0. The first-order chi connectivity index (χ1) is 10.0. The molecule has 110 valence electrons. The highest BCUT2D eigenvalue weighted by atomic mass is 16.3. The van der Waals surface area contributed by atoms with E-state index in [9.17, 15) is 4.79 Å². The second-order valence-electron chi connectivity index (χ2n) is 6.06. The minimum atomic E-state index is 0.0381. The van der Waals surface area contributed by atoms with Crippen molar-refractivity contribution in [2.24, 2.45) is 0 Å². The molecule has 1 aromatic carbocycles. The van der Waals surface area contributed by atoms with Gasteiger partial charge in [-0.15, -0.1) is 0 Å². The van der Waals surface area contributed by atoms with E-state index in [1.807, 2.05) is 11.8 Å². The Bertz CT molecular complexity index is 686. The second kappa shape index (κ2) is 5.06. The highest BCUT2D eigenvalue weighted by Crippen LogP contribution is 2.41. The van der Waals surface area contributed by atoms with Crippen LogP contribution >= 0.6 is 0 Å². The molecule has 1 amide bonds. The van der Waals surface area contributed by atoms with Crippen LogP contribution in [0, 0.1) is 13.8 Å². The van der Waals surface area contributed by atoms with Crippen molar-refractivity contribution in [3.63, 3.8) is 0 Å². The Kier molecular flexibility index (Phi) is 3.36. The number of benzene rings is 1. The summed E-state index contributed by atoms with van der Waals surface area (Å²) in [4.78, 5) is 14.9. The Morgan fingerprint density at radius 3 is 2.67 bits per heavy atom. The molecule has 1 aliphatic rings. The molecular formula is C18H21NO2. The van der Waals surface area contributed by atoms with E-state index in [1.165, 1.54) is 5.56 Å². The number of amides is 1. The van der Waals surface area contributed by atoms with Gasteiger partial charge in [0.05, 0.1) is 17.5 Å². The number of fused-ring (bicyclic) bond motifs is 1. The summed E-state index contributed by atoms with van der Waals surface area (Å²) < 4.78 is 5.30. The van der Waals surface area contributed by atoms with Crippen LogP contribution in [0.2, 0.25) is 0 Å². The summed E-state index contributed by atoms with van der Waals surface area (Å²) in [6.45, 7) is 8.27. The fourth-order valence-corrected chi connectivity index (χ4v) is 3.41. The van der Waals surface area contributed by atoms with E-state index in [-0.39, 0.29) is 11.9 Å². The van der Waals surface area contributed by atoms with Crippen molar-refractivity contribution < 1.29 is 9.21 Å². The predicted octanol–water partition coefficient (Wildman–Crippen LogP) is 4.44.